The van der Waals surface area contributed by atoms with E-state index in [1.54, 1.807) is 0 Å². The molecule has 0 spiro atoms. The van der Waals surface area contributed by atoms with E-state index in [1.807, 2.05) is 0 Å². The summed E-state index contributed by atoms with van der Waals surface area (Å²) in [5.41, 5.74) is 0.0438. The zero-order chi connectivity index (χ0) is 11.6. The van der Waals surface area contributed by atoms with Crippen molar-refractivity contribution in [2.24, 2.45) is 0 Å². The van der Waals surface area contributed by atoms with E-state index in [-0.39, 0.29) is 5.69 Å². The number of aromatic nitrogens is 2. The molecule has 0 saturated carbocycles. The molecule has 1 aromatic heterocycles. The number of aryl methyl sites for hydroxylation is 1. The molecule has 0 aromatic carbocycles. The number of halogens is 3. The Kier molecular flexibility index (Phi) is 3.33. The van der Waals surface area contributed by atoms with Crippen molar-refractivity contribution < 1.29 is 23.1 Å². The fourth-order valence-electron chi connectivity index (χ4n) is 1.14. The predicted molar refractivity (Wildman–Crippen MR) is 44.8 cm³/mol. The van der Waals surface area contributed by atoms with Crippen LogP contribution in [0.4, 0.5) is 13.2 Å². The Morgan fingerprint density at radius 3 is 2.67 bits per heavy atom. The minimum atomic E-state index is -3.14. The Hall–Kier alpha value is -1.53. The first-order valence-corrected chi connectivity index (χ1v) is 4.11. The molecule has 0 aliphatic heterocycles. The smallest absolute Gasteiger partial charge is 0.354 e. The van der Waals surface area contributed by atoms with E-state index in [4.69, 9.17) is 5.11 Å². The van der Waals surface area contributed by atoms with Gasteiger partial charge in [0, 0.05) is 5.56 Å². The summed E-state index contributed by atoms with van der Waals surface area (Å²) >= 11 is 0. The lowest BCUT2D eigenvalue weighted by atomic mass is 10.3. The van der Waals surface area contributed by atoms with Crippen LogP contribution in [-0.4, -0.2) is 33.5 Å². The lowest BCUT2D eigenvalue weighted by Gasteiger charge is -2.08. The summed E-state index contributed by atoms with van der Waals surface area (Å²) in [6.07, 6.45) is -4.36. The third-order valence-electron chi connectivity index (χ3n) is 1.85. The van der Waals surface area contributed by atoms with E-state index < -0.39 is 25.1 Å². The molecule has 0 fully saturated rings. The standard InChI is InChI=1S/C8H9F3N2O2/c1-4-2-12-13(6(4)8(14)15)3-5(9)7(10)11/h2,5,7H,3H2,1H3,(H,14,15). The predicted octanol–water partition coefficient (Wildman–Crippen LogP) is 1.49. The Labute approximate surface area is 83.3 Å². The molecule has 0 bridgehead atoms. The van der Waals surface area contributed by atoms with Crippen LogP contribution >= 0.6 is 0 Å². The molecule has 1 atom stereocenters. The Morgan fingerprint density at radius 1 is 1.60 bits per heavy atom. The van der Waals surface area contributed by atoms with Crippen LogP contribution < -0.4 is 0 Å². The maximum absolute atomic E-state index is 12.7. The van der Waals surface area contributed by atoms with Gasteiger partial charge >= 0.3 is 5.97 Å². The van der Waals surface area contributed by atoms with Gasteiger partial charge in [-0.15, -0.1) is 0 Å². The quantitative estimate of drug-likeness (QED) is 0.839. The highest BCUT2D eigenvalue weighted by Gasteiger charge is 2.23. The largest absolute Gasteiger partial charge is 0.477 e. The van der Waals surface area contributed by atoms with Crippen LogP contribution in [0.25, 0.3) is 0 Å². The molecular weight excluding hydrogens is 213 g/mol. The van der Waals surface area contributed by atoms with Crippen molar-refractivity contribution in [3.05, 3.63) is 17.5 Å². The number of nitrogens with zero attached hydrogens (tertiary/aromatic N) is 2. The fourth-order valence-corrected chi connectivity index (χ4v) is 1.14. The van der Waals surface area contributed by atoms with Gasteiger partial charge in [-0.25, -0.2) is 18.0 Å². The normalized spacial score (nSPS) is 13.1. The first kappa shape index (κ1) is 11.5. The number of carboxylic acid groups (broad SMARTS) is 1. The molecule has 0 radical (unpaired) electrons. The molecule has 1 heterocycles. The summed E-state index contributed by atoms with van der Waals surface area (Å²) in [5, 5.41) is 12.2. The third-order valence-corrected chi connectivity index (χ3v) is 1.85. The molecular formula is C8H9F3N2O2. The molecule has 0 aliphatic rings. The van der Waals surface area contributed by atoms with Crippen molar-refractivity contribution in [3.63, 3.8) is 0 Å². The molecule has 1 unspecified atom stereocenters. The molecule has 4 nitrogen and oxygen atoms in total. The number of aromatic carboxylic acids is 1. The summed E-state index contributed by atoms with van der Waals surface area (Å²) in [4.78, 5) is 10.7. The van der Waals surface area contributed by atoms with Gasteiger partial charge in [-0.05, 0) is 6.92 Å². The highest BCUT2D eigenvalue weighted by Crippen LogP contribution is 2.12. The molecule has 84 valence electrons. The van der Waals surface area contributed by atoms with Crippen molar-refractivity contribution in [1.82, 2.24) is 9.78 Å². The second-order valence-corrected chi connectivity index (χ2v) is 3.01. The Morgan fingerprint density at radius 2 is 2.20 bits per heavy atom. The molecule has 0 aliphatic carbocycles. The third kappa shape index (κ3) is 2.48. The summed E-state index contributed by atoms with van der Waals surface area (Å²) in [7, 11) is 0. The van der Waals surface area contributed by atoms with E-state index in [0.29, 0.717) is 5.56 Å². The van der Waals surface area contributed by atoms with Gasteiger partial charge in [0.2, 0.25) is 0 Å². The van der Waals surface area contributed by atoms with Crippen LogP contribution in [0.15, 0.2) is 6.20 Å². The van der Waals surface area contributed by atoms with Crippen molar-refractivity contribution in [2.75, 3.05) is 0 Å². The van der Waals surface area contributed by atoms with Gasteiger partial charge in [-0.3, -0.25) is 4.68 Å². The van der Waals surface area contributed by atoms with Crippen molar-refractivity contribution in [2.45, 2.75) is 26.1 Å². The number of carboxylic acids is 1. The molecule has 0 amide bonds. The fraction of sp³-hybridized carbons (Fsp3) is 0.500. The van der Waals surface area contributed by atoms with Gasteiger partial charge in [0.25, 0.3) is 6.43 Å². The second kappa shape index (κ2) is 4.33. The van der Waals surface area contributed by atoms with Crippen LogP contribution in [0.2, 0.25) is 0 Å². The number of rotatable bonds is 4. The van der Waals surface area contributed by atoms with Gasteiger partial charge in [0.1, 0.15) is 5.69 Å². The second-order valence-electron chi connectivity index (χ2n) is 3.01. The van der Waals surface area contributed by atoms with Gasteiger partial charge < -0.3 is 5.11 Å². The molecule has 1 aromatic rings. The Balaban J connectivity index is 2.91. The molecule has 7 heteroatoms. The van der Waals surface area contributed by atoms with Crippen LogP contribution in [0, 0.1) is 6.92 Å². The zero-order valence-electron chi connectivity index (χ0n) is 7.82. The highest BCUT2D eigenvalue weighted by molar-refractivity contribution is 5.87. The summed E-state index contributed by atoms with van der Waals surface area (Å²) in [6.45, 7) is 0.704. The van der Waals surface area contributed by atoms with E-state index in [2.05, 4.69) is 5.10 Å². The summed E-state index contributed by atoms with van der Waals surface area (Å²) in [5.74, 6) is -1.31. The van der Waals surface area contributed by atoms with E-state index in [9.17, 15) is 18.0 Å². The van der Waals surface area contributed by atoms with Crippen LogP contribution in [0.5, 0.6) is 0 Å². The van der Waals surface area contributed by atoms with Crippen LogP contribution in [0.1, 0.15) is 16.1 Å². The molecule has 1 rings (SSSR count). The first-order valence-electron chi connectivity index (χ1n) is 4.11. The number of alkyl halides is 3. The average molecular weight is 222 g/mol. The lowest BCUT2D eigenvalue weighted by molar-refractivity contribution is 0.0371. The number of hydrogen-bond acceptors (Lipinski definition) is 2. The average Bonchev–Trinajstić information content (AvgIpc) is 2.46. The topological polar surface area (TPSA) is 55.1 Å². The van der Waals surface area contributed by atoms with Gasteiger partial charge in [-0.2, -0.15) is 5.10 Å². The highest BCUT2D eigenvalue weighted by atomic mass is 19.3. The molecule has 0 saturated heterocycles. The van der Waals surface area contributed by atoms with Crippen molar-refractivity contribution in [3.8, 4) is 0 Å². The molecule has 1 N–H and O–H groups in total. The van der Waals surface area contributed by atoms with Crippen molar-refractivity contribution in [1.29, 1.82) is 0 Å². The van der Waals surface area contributed by atoms with E-state index >= 15 is 0 Å². The van der Waals surface area contributed by atoms with Gasteiger partial charge in [0.15, 0.2) is 6.17 Å². The monoisotopic (exact) mass is 222 g/mol. The maximum atomic E-state index is 12.7. The van der Waals surface area contributed by atoms with E-state index in [0.717, 1.165) is 4.68 Å². The van der Waals surface area contributed by atoms with Crippen LogP contribution in [0.3, 0.4) is 0 Å². The Bertz CT molecular complexity index is 365. The lowest BCUT2D eigenvalue weighted by Crippen LogP contribution is -2.23. The number of carbonyl (C=O) groups is 1. The summed E-state index contributed by atoms with van der Waals surface area (Å²) < 4.78 is 37.2. The first-order chi connectivity index (χ1) is 6.93. The number of hydrogen-bond donors (Lipinski definition) is 1. The minimum Gasteiger partial charge on any atom is -0.477 e. The molecule has 15 heavy (non-hydrogen) atoms. The van der Waals surface area contributed by atoms with Crippen molar-refractivity contribution >= 4 is 5.97 Å². The summed E-state index contributed by atoms with van der Waals surface area (Å²) in [6, 6.07) is 0. The van der Waals surface area contributed by atoms with Gasteiger partial charge in [-0.1, -0.05) is 0 Å². The SMILES string of the molecule is Cc1cnn(CC(F)C(F)F)c1C(=O)O. The maximum Gasteiger partial charge on any atom is 0.354 e. The minimum absolute atomic E-state index is 0.265. The van der Waals surface area contributed by atoms with Crippen LogP contribution in [-0.2, 0) is 6.54 Å². The zero-order valence-corrected chi connectivity index (χ0v) is 7.82. The van der Waals surface area contributed by atoms with E-state index in [1.165, 1.54) is 13.1 Å². The van der Waals surface area contributed by atoms with Gasteiger partial charge in [0.05, 0.1) is 12.7 Å².